The lowest BCUT2D eigenvalue weighted by molar-refractivity contribution is -0.120. The molecule has 0 aliphatic rings. The number of rotatable bonds is 6. The zero-order valence-electron chi connectivity index (χ0n) is 16.8. The summed E-state index contributed by atoms with van der Waals surface area (Å²) < 4.78 is 25.9. The lowest BCUT2D eigenvalue weighted by Crippen LogP contribution is -2.41. The van der Waals surface area contributed by atoms with Crippen molar-refractivity contribution < 1.29 is 13.2 Å². The van der Waals surface area contributed by atoms with E-state index in [1.807, 2.05) is 71.0 Å². The van der Waals surface area contributed by atoms with Crippen LogP contribution in [-0.2, 0) is 14.8 Å². The molecule has 6 heteroatoms. The van der Waals surface area contributed by atoms with Gasteiger partial charge >= 0.3 is 0 Å². The third kappa shape index (κ3) is 5.10. The minimum atomic E-state index is -3.60. The molecule has 0 unspecified atom stereocenters. The third-order valence-electron chi connectivity index (χ3n) is 4.78. The van der Waals surface area contributed by atoms with Crippen LogP contribution >= 0.6 is 0 Å². The average Bonchev–Trinajstić information content (AvgIpc) is 2.55. The first-order valence-electron chi connectivity index (χ1n) is 8.91. The molecule has 0 aliphatic carbocycles. The topological polar surface area (TPSA) is 66.5 Å². The number of aryl methyl sites for hydroxylation is 4. The highest BCUT2D eigenvalue weighted by Crippen LogP contribution is 2.26. The molecule has 0 spiro atoms. The average molecular weight is 389 g/mol. The maximum Gasteiger partial charge on any atom is 0.241 e. The molecule has 0 radical (unpaired) electrons. The molecular weight excluding hydrogens is 360 g/mol. The monoisotopic (exact) mass is 388 g/mol. The molecule has 0 saturated heterocycles. The molecule has 0 heterocycles. The molecule has 1 amide bonds. The van der Waals surface area contributed by atoms with Gasteiger partial charge in [0.15, 0.2) is 0 Å². The van der Waals surface area contributed by atoms with Crippen LogP contribution in [0.3, 0.4) is 0 Å². The van der Waals surface area contributed by atoms with Crippen molar-refractivity contribution in [3.8, 4) is 0 Å². The standard InChI is InChI=1S/C21H28N2O3S/c1-14-10-11-19(12-17(14)4)18(5)22-20(24)13-23(27(6,25)26)21-15(2)8-7-9-16(21)3/h7-12,18H,13H2,1-6H3,(H,22,24)/t18-/m0/s1. The molecule has 1 N–H and O–H groups in total. The predicted octanol–water partition coefficient (Wildman–Crippen LogP) is 3.56. The van der Waals surface area contributed by atoms with E-state index < -0.39 is 10.0 Å². The van der Waals surface area contributed by atoms with Gasteiger partial charge in [0.2, 0.25) is 15.9 Å². The van der Waals surface area contributed by atoms with Crippen LogP contribution in [0.25, 0.3) is 0 Å². The summed E-state index contributed by atoms with van der Waals surface area (Å²) in [6.07, 6.45) is 1.12. The van der Waals surface area contributed by atoms with E-state index in [4.69, 9.17) is 0 Å². The molecule has 146 valence electrons. The van der Waals surface area contributed by atoms with Crippen LogP contribution in [-0.4, -0.2) is 27.1 Å². The molecule has 0 bridgehead atoms. The van der Waals surface area contributed by atoms with Crippen molar-refractivity contribution in [3.05, 3.63) is 64.2 Å². The molecule has 5 nitrogen and oxygen atoms in total. The Morgan fingerprint density at radius 2 is 1.59 bits per heavy atom. The maximum atomic E-state index is 12.6. The summed E-state index contributed by atoms with van der Waals surface area (Å²) in [6, 6.07) is 11.4. The Kier molecular flexibility index (Phi) is 6.31. The van der Waals surface area contributed by atoms with Crippen molar-refractivity contribution >= 4 is 21.6 Å². The Bertz CT molecular complexity index is 932. The second-order valence-corrected chi connectivity index (χ2v) is 9.05. The van der Waals surface area contributed by atoms with Gasteiger partial charge in [-0.05, 0) is 62.4 Å². The first kappa shape index (κ1) is 21.0. The van der Waals surface area contributed by atoms with Crippen molar-refractivity contribution in [1.29, 1.82) is 0 Å². The van der Waals surface area contributed by atoms with Crippen LogP contribution in [0.5, 0.6) is 0 Å². The summed E-state index contributed by atoms with van der Waals surface area (Å²) in [6.45, 7) is 9.40. The summed E-state index contributed by atoms with van der Waals surface area (Å²) in [5.74, 6) is -0.339. The molecule has 2 aromatic rings. The summed E-state index contributed by atoms with van der Waals surface area (Å²) in [4.78, 5) is 12.6. The maximum absolute atomic E-state index is 12.6. The number of hydrogen-bond donors (Lipinski definition) is 1. The van der Waals surface area contributed by atoms with Crippen LogP contribution in [0.2, 0.25) is 0 Å². The molecule has 0 saturated carbocycles. The zero-order chi connectivity index (χ0) is 20.4. The fourth-order valence-electron chi connectivity index (χ4n) is 3.10. The van der Waals surface area contributed by atoms with Crippen LogP contribution < -0.4 is 9.62 Å². The minimum absolute atomic E-state index is 0.212. The Balaban J connectivity index is 2.23. The zero-order valence-corrected chi connectivity index (χ0v) is 17.6. The van der Waals surface area contributed by atoms with Gasteiger partial charge in [-0.3, -0.25) is 9.10 Å². The van der Waals surface area contributed by atoms with Gasteiger partial charge in [0.05, 0.1) is 18.0 Å². The smallest absolute Gasteiger partial charge is 0.241 e. The number of hydrogen-bond acceptors (Lipinski definition) is 3. The SMILES string of the molecule is Cc1ccc([C@H](C)NC(=O)CN(c2c(C)cccc2C)S(C)(=O)=O)cc1C. The lowest BCUT2D eigenvalue weighted by Gasteiger charge is -2.26. The Labute approximate surface area is 162 Å². The van der Waals surface area contributed by atoms with E-state index >= 15 is 0 Å². The van der Waals surface area contributed by atoms with Crippen molar-refractivity contribution in [2.24, 2.45) is 0 Å². The molecular formula is C21H28N2O3S. The van der Waals surface area contributed by atoms with Gasteiger partial charge < -0.3 is 5.32 Å². The molecule has 2 rings (SSSR count). The quantitative estimate of drug-likeness (QED) is 0.823. The van der Waals surface area contributed by atoms with Gasteiger partial charge in [0.25, 0.3) is 0 Å². The fourth-order valence-corrected chi connectivity index (χ4v) is 4.07. The van der Waals surface area contributed by atoms with Gasteiger partial charge in [-0.15, -0.1) is 0 Å². The molecule has 1 atom stereocenters. The predicted molar refractivity (Wildman–Crippen MR) is 111 cm³/mol. The van der Waals surface area contributed by atoms with E-state index in [9.17, 15) is 13.2 Å². The highest BCUT2D eigenvalue weighted by atomic mass is 32.2. The number of anilines is 1. The molecule has 0 aliphatic heterocycles. The first-order valence-corrected chi connectivity index (χ1v) is 10.8. The van der Waals surface area contributed by atoms with Crippen molar-refractivity contribution in [2.75, 3.05) is 17.1 Å². The fraction of sp³-hybridized carbons (Fsp3) is 0.381. The van der Waals surface area contributed by atoms with Crippen molar-refractivity contribution in [2.45, 2.75) is 40.7 Å². The number of para-hydroxylation sites is 1. The molecule has 2 aromatic carbocycles. The normalized spacial score (nSPS) is 12.5. The van der Waals surface area contributed by atoms with Crippen LogP contribution in [0.1, 0.15) is 40.8 Å². The van der Waals surface area contributed by atoms with Gasteiger partial charge in [0, 0.05) is 0 Å². The minimum Gasteiger partial charge on any atom is -0.348 e. The number of amides is 1. The van der Waals surface area contributed by atoms with E-state index in [-0.39, 0.29) is 18.5 Å². The number of nitrogens with one attached hydrogen (secondary N) is 1. The van der Waals surface area contributed by atoms with Crippen LogP contribution in [0, 0.1) is 27.7 Å². The van der Waals surface area contributed by atoms with Crippen molar-refractivity contribution in [3.63, 3.8) is 0 Å². The van der Waals surface area contributed by atoms with Crippen LogP contribution in [0.4, 0.5) is 5.69 Å². The first-order chi connectivity index (χ1) is 12.5. The van der Waals surface area contributed by atoms with E-state index in [0.29, 0.717) is 5.69 Å². The number of carbonyl (C=O) groups excluding carboxylic acids is 1. The van der Waals surface area contributed by atoms with Crippen molar-refractivity contribution in [1.82, 2.24) is 5.32 Å². The number of benzene rings is 2. The van der Waals surface area contributed by atoms with E-state index in [1.54, 1.807) is 0 Å². The lowest BCUT2D eigenvalue weighted by atomic mass is 10.0. The molecule has 0 aromatic heterocycles. The van der Waals surface area contributed by atoms with Gasteiger partial charge in [-0.25, -0.2) is 8.42 Å². The third-order valence-corrected chi connectivity index (χ3v) is 5.90. The van der Waals surface area contributed by atoms with E-state index in [0.717, 1.165) is 28.5 Å². The second kappa shape index (κ2) is 8.13. The summed E-state index contributed by atoms with van der Waals surface area (Å²) >= 11 is 0. The summed E-state index contributed by atoms with van der Waals surface area (Å²) in [5, 5.41) is 2.91. The Morgan fingerprint density at radius 3 is 2.11 bits per heavy atom. The van der Waals surface area contributed by atoms with Gasteiger partial charge in [-0.2, -0.15) is 0 Å². The Morgan fingerprint density at radius 1 is 1.00 bits per heavy atom. The second-order valence-electron chi connectivity index (χ2n) is 7.14. The van der Waals surface area contributed by atoms with E-state index in [2.05, 4.69) is 5.32 Å². The number of carbonyl (C=O) groups is 1. The molecule has 0 fully saturated rings. The van der Waals surface area contributed by atoms with Crippen LogP contribution in [0.15, 0.2) is 36.4 Å². The van der Waals surface area contributed by atoms with Gasteiger partial charge in [0.1, 0.15) is 6.54 Å². The Hall–Kier alpha value is -2.34. The highest BCUT2D eigenvalue weighted by molar-refractivity contribution is 7.92. The summed E-state index contributed by atoms with van der Waals surface area (Å²) in [7, 11) is -3.60. The summed E-state index contributed by atoms with van der Waals surface area (Å²) in [5.41, 5.74) is 5.53. The largest absolute Gasteiger partial charge is 0.348 e. The molecule has 27 heavy (non-hydrogen) atoms. The number of sulfonamides is 1. The number of nitrogens with zero attached hydrogens (tertiary/aromatic N) is 1. The van der Waals surface area contributed by atoms with E-state index in [1.165, 1.54) is 9.87 Å². The van der Waals surface area contributed by atoms with Gasteiger partial charge in [-0.1, -0.05) is 36.4 Å². The highest BCUT2D eigenvalue weighted by Gasteiger charge is 2.24.